The molecule has 0 atom stereocenters. The molecule has 1 saturated heterocycles. The largest absolute Gasteiger partial charge is 0.489 e. The first-order valence-electron chi connectivity index (χ1n) is 12.3. The summed E-state index contributed by atoms with van der Waals surface area (Å²) >= 11 is 5.83. The molecular formula is C27H32ClFN4O4. The van der Waals surface area contributed by atoms with E-state index in [-0.39, 0.29) is 17.0 Å². The monoisotopic (exact) mass is 530 g/mol. The molecule has 0 spiro atoms. The second-order valence-electron chi connectivity index (χ2n) is 10.1. The maximum atomic E-state index is 13.3. The molecule has 198 valence electrons. The van der Waals surface area contributed by atoms with Crippen molar-refractivity contribution in [2.75, 3.05) is 31.6 Å². The van der Waals surface area contributed by atoms with Gasteiger partial charge in [0.1, 0.15) is 24.5 Å². The number of nitrogens with zero attached hydrogens (tertiary/aromatic N) is 3. The van der Waals surface area contributed by atoms with Gasteiger partial charge in [-0.3, -0.25) is 0 Å². The number of hydrogen-bond donors (Lipinski definition) is 1. The zero-order valence-electron chi connectivity index (χ0n) is 21.3. The third kappa shape index (κ3) is 7.50. The molecule has 0 bridgehead atoms. The Morgan fingerprint density at radius 3 is 2.70 bits per heavy atom. The first kappa shape index (κ1) is 27.0. The minimum Gasteiger partial charge on any atom is -0.489 e. The number of carbonyl (C=O) groups excluding carboxylic acids is 1. The first-order valence-corrected chi connectivity index (χ1v) is 12.7. The maximum Gasteiger partial charge on any atom is 0.330 e. The van der Waals surface area contributed by atoms with Crippen molar-refractivity contribution < 1.29 is 23.5 Å². The molecule has 1 aromatic heterocycles. The van der Waals surface area contributed by atoms with Crippen LogP contribution in [-0.2, 0) is 21.0 Å². The summed E-state index contributed by atoms with van der Waals surface area (Å²) < 4.78 is 25.1. The number of carbonyl (C=O) groups is 1. The average Bonchev–Trinajstić information content (AvgIpc) is 2.86. The molecule has 10 heteroatoms. The van der Waals surface area contributed by atoms with E-state index in [1.807, 2.05) is 32.9 Å². The lowest BCUT2D eigenvalue weighted by molar-refractivity contribution is -0.204. The van der Waals surface area contributed by atoms with Gasteiger partial charge in [-0.2, -0.15) is 0 Å². The quantitative estimate of drug-likeness (QED) is 0.368. The number of hydroxylamine groups is 2. The van der Waals surface area contributed by atoms with E-state index < -0.39 is 11.2 Å². The summed E-state index contributed by atoms with van der Waals surface area (Å²) in [7, 11) is 0. The van der Waals surface area contributed by atoms with Gasteiger partial charge in [-0.1, -0.05) is 17.7 Å². The van der Waals surface area contributed by atoms with Crippen LogP contribution >= 0.6 is 11.6 Å². The Morgan fingerprint density at radius 1 is 1.19 bits per heavy atom. The van der Waals surface area contributed by atoms with E-state index in [1.54, 1.807) is 23.4 Å². The molecule has 8 nitrogen and oxygen atoms in total. The van der Waals surface area contributed by atoms with Gasteiger partial charge in [0.15, 0.2) is 0 Å². The number of rotatable bonds is 9. The summed E-state index contributed by atoms with van der Waals surface area (Å²) in [5, 5.41) is 6.30. The lowest BCUT2D eigenvalue weighted by Gasteiger charge is -2.33. The molecule has 1 aliphatic rings. The molecular weight excluding hydrogens is 499 g/mol. The van der Waals surface area contributed by atoms with Gasteiger partial charge >= 0.3 is 5.97 Å². The van der Waals surface area contributed by atoms with Crippen LogP contribution in [0.15, 0.2) is 42.9 Å². The van der Waals surface area contributed by atoms with Crippen LogP contribution in [0.1, 0.15) is 39.2 Å². The normalized spacial score (nSPS) is 15.1. The Hall–Kier alpha value is -3.01. The van der Waals surface area contributed by atoms with Crippen molar-refractivity contribution in [3.8, 4) is 5.75 Å². The fourth-order valence-corrected chi connectivity index (χ4v) is 4.04. The highest BCUT2D eigenvalue weighted by molar-refractivity contribution is 6.30. The highest BCUT2D eigenvalue weighted by Gasteiger charge is 2.28. The summed E-state index contributed by atoms with van der Waals surface area (Å²) in [5.41, 5.74) is 1.87. The van der Waals surface area contributed by atoms with Crippen molar-refractivity contribution >= 4 is 34.2 Å². The molecule has 3 aromatic rings. The number of benzene rings is 2. The smallest absolute Gasteiger partial charge is 0.330 e. The van der Waals surface area contributed by atoms with E-state index in [2.05, 4.69) is 15.3 Å². The number of fused-ring (bicyclic) bond motifs is 1. The second-order valence-corrected chi connectivity index (χ2v) is 10.5. The number of aromatic nitrogens is 2. The number of halogens is 2. The van der Waals surface area contributed by atoms with Crippen molar-refractivity contribution in [2.45, 2.75) is 46.3 Å². The third-order valence-corrected chi connectivity index (χ3v) is 6.27. The molecule has 2 heterocycles. The van der Waals surface area contributed by atoms with Crippen molar-refractivity contribution in [1.82, 2.24) is 15.0 Å². The Balaban J connectivity index is 1.33. The predicted molar refractivity (Wildman–Crippen MR) is 140 cm³/mol. The van der Waals surface area contributed by atoms with Crippen LogP contribution in [-0.4, -0.2) is 53.3 Å². The second kappa shape index (κ2) is 12.0. The molecule has 4 rings (SSSR count). The minimum absolute atomic E-state index is 0.0735. The molecule has 0 amide bonds. The fraction of sp³-hybridized carbons (Fsp3) is 0.444. The third-order valence-electron chi connectivity index (χ3n) is 5.98. The van der Waals surface area contributed by atoms with Crippen LogP contribution in [0.2, 0.25) is 5.02 Å². The number of nitrogens with one attached hydrogen (secondary N) is 1. The SMILES string of the molecule is CC(C)(C)C(=O)ON1CCC(Nc2cc3cncnc3cc2OCCOCc2ccc(F)c(Cl)c2)CC1. The van der Waals surface area contributed by atoms with Gasteiger partial charge in [-0.15, -0.1) is 5.06 Å². The van der Waals surface area contributed by atoms with Crippen molar-refractivity contribution in [3.63, 3.8) is 0 Å². The molecule has 1 aliphatic heterocycles. The Labute approximate surface area is 221 Å². The standard InChI is InChI=1S/C27H32ClFN4O4/c1-27(2,3)26(34)37-33-8-6-20(7-9-33)32-24-13-19-15-30-17-31-23(19)14-25(24)36-11-10-35-16-18-4-5-22(29)21(28)12-18/h4-5,12-15,17,20,32H,6-11,16H2,1-3H3. The molecule has 0 unspecified atom stereocenters. The van der Waals surface area contributed by atoms with Crippen LogP contribution in [0.25, 0.3) is 10.9 Å². The number of hydrogen-bond acceptors (Lipinski definition) is 8. The Kier molecular flexibility index (Phi) is 8.79. The molecule has 37 heavy (non-hydrogen) atoms. The lowest BCUT2D eigenvalue weighted by atomic mass is 9.98. The zero-order chi connectivity index (χ0) is 26.4. The van der Waals surface area contributed by atoms with Gasteiger partial charge in [0.2, 0.25) is 0 Å². The Morgan fingerprint density at radius 2 is 1.97 bits per heavy atom. The number of ether oxygens (including phenoxy) is 2. The summed E-state index contributed by atoms with van der Waals surface area (Å²) in [6.45, 7) is 7.79. The van der Waals surface area contributed by atoms with Crippen LogP contribution in [0.5, 0.6) is 5.75 Å². The van der Waals surface area contributed by atoms with E-state index in [4.69, 9.17) is 25.9 Å². The van der Waals surface area contributed by atoms with Crippen LogP contribution < -0.4 is 10.1 Å². The predicted octanol–water partition coefficient (Wildman–Crippen LogP) is 5.40. The van der Waals surface area contributed by atoms with E-state index in [0.29, 0.717) is 38.7 Å². The molecule has 0 aliphatic carbocycles. The van der Waals surface area contributed by atoms with E-state index in [0.717, 1.165) is 35.0 Å². The Bertz CT molecular complexity index is 1230. The first-order chi connectivity index (χ1) is 17.7. The van der Waals surface area contributed by atoms with Crippen LogP contribution in [0, 0.1) is 11.2 Å². The highest BCUT2D eigenvalue weighted by atomic mass is 35.5. The number of anilines is 1. The van der Waals surface area contributed by atoms with Gasteiger partial charge in [-0.05, 0) is 57.4 Å². The van der Waals surface area contributed by atoms with E-state index in [9.17, 15) is 9.18 Å². The summed E-state index contributed by atoms with van der Waals surface area (Å²) in [6, 6.07) is 8.58. The summed E-state index contributed by atoms with van der Waals surface area (Å²) in [6.07, 6.45) is 4.89. The topological polar surface area (TPSA) is 85.8 Å². The van der Waals surface area contributed by atoms with Gasteiger partial charge in [0, 0.05) is 36.8 Å². The van der Waals surface area contributed by atoms with Gasteiger partial charge in [-0.25, -0.2) is 19.2 Å². The van der Waals surface area contributed by atoms with Crippen LogP contribution in [0.3, 0.4) is 0 Å². The molecule has 2 aromatic carbocycles. The van der Waals surface area contributed by atoms with E-state index in [1.165, 1.54) is 12.4 Å². The van der Waals surface area contributed by atoms with Crippen LogP contribution in [0.4, 0.5) is 10.1 Å². The molecule has 0 radical (unpaired) electrons. The maximum absolute atomic E-state index is 13.3. The zero-order valence-corrected chi connectivity index (χ0v) is 22.1. The molecule has 1 N–H and O–H groups in total. The molecule has 0 saturated carbocycles. The summed E-state index contributed by atoms with van der Waals surface area (Å²) in [4.78, 5) is 26.2. The number of piperidine rings is 1. The average molecular weight is 531 g/mol. The van der Waals surface area contributed by atoms with Crippen molar-refractivity contribution in [1.29, 1.82) is 0 Å². The van der Waals surface area contributed by atoms with Gasteiger partial charge < -0.3 is 19.6 Å². The molecule has 1 fully saturated rings. The van der Waals surface area contributed by atoms with Crippen molar-refractivity contribution in [3.05, 3.63) is 59.3 Å². The fourth-order valence-electron chi connectivity index (χ4n) is 3.84. The highest BCUT2D eigenvalue weighted by Crippen LogP contribution is 2.31. The van der Waals surface area contributed by atoms with Gasteiger partial charge in [0.25, 0.3) is 0 Å². The summed E-state index contributed by atoms with van der Waals surface area (Å²) in [5.74, 6) is -0.0134. The van der Waals surface area contributed by atoms with E-state index >= 15 is 0 Å². The van der Waals surface area contributed by atoms with Crippen molar-refractivity contribution in [2.24, 2.45) is 5.41 Å². The lowest BCUT2D eigenvalue weighted by Crippen LogP contribution is -2.42. The van der Waals surface area contributed by atoms with Gasteiger partial charge in [0.05, 0.1) is 34.9 Å². The minimum atomic E-state index is -0.537.